The van der Waals surface area contributed by atoms with E-state index in [1.807, 2.05) is 12.1 Å². The normalized spacial score (nSPS) is 15.0. The molecule has 0 aliphatic carbocycles. The molecule has 0 atom stereocenters. The van der Waals surface area contributed by atoms with Crippen LogP contribution in [-0.4, -0.2) is 76.3 Å². The van der Waals surface area contributed by atoms with E-state index in [1.54, 1.807) is 43.6 Å². The summed E-state index contributed by atoms with van der Waals surface area (Å²) in [5.41, 5.74) is 1.10. The predicted octanol–water partition coefficient (Wildman–Crippen LogP) is 2.65. The molecule has 1 amide bonds. The van der Waals surface area contributed by atoms with Gasteiger partial charge in [-0.2, -0.15) is 0 Å². The van der Waals surface area contributed by atoms with E-state index >= 15 is 0 Å². The summed E-state index contributed by atoms with van der Waals surface area (Å²) in [4.78, 5) is 22.1. The standard InChI is InChI=1S/C23H28N4O4S2/c1-3-33(29,30)20-10-5-4-7-17(20)22(28)24-11-12-26-13-15-27(16-14-26)23-25-21-18(31-2)8-6-9-19(21)32-23/h4-10H,3,11-16H2,1-2H3,(H,24,28). The van der Waals surface area contributed by atoms with Gasteiger partial charge in [-0.15, -0.1) is 0 Å². The Morgan fingerprint density at radius 2 is 1.88 bits per heavy atom. The van der Waals surface area contributed by atoms with Crippen LogP contribution in [0.1, 0.15) is 17.3 Å². The summed E-state index contributed by atoms with van der Waals surface area (Å²) in [6.07, 6.45) is 0. The highest BCUT2D eigenvalue weighted by molar-refractivity contribution is 7.91. The average Bonchev–Trinajstić information content (AvgIpc) is 3.29. The van der Waals surface area contributed by atoms with E-state index in [-0.39, 0.29) is 22.1 Å². The molecule has 1 N–H and O–H groups in total. The lowest BCUT2D eigenvalue weighted by Crippen LogP contribution is -2.48. The number of carbonyl (C=O) groups excluding carboxylic acids is 1. The van der Waals surface area contributed by atoms with Gasteiger partial charge < -0.3 is 15.0 Å². The Balaban J connectivity index is 1.30. The van der Waals surface area contributed by atoms with Crippen LogP contribution in [0, 0.1) is 0 Å². The lowest BCUT2D eigenvalue weighted by Gasteiger charge is -2.34. The second-order valence-electron chi connectivity index (χ2n) is 7.79. The van der Waals surface area contributed by atoms with Gasteiger partial charge in [0.2, 0.25) is 0 Å². The molecular formula is C23H28N4O4S2. The zero-order chi connectivity index (χ0) is 23.4. The monoisotopic (exact) mass is 488 g/mol. The van der Waals surface area contributed by atoms with Crippen LogP contribution in [0.5, 0.6) is 5.75 Å². The predicted molar refractivity (Wildman–Crippen MR) is 131 cm³/mol. The third-order valence-electron chi connectivity index (χ3n) is 5.79. The number of anilines is 1. The minimum absolute atomic E-state index is 0.0387. The molecule has 1 aliphatic rings. The first kappa shape index (κ1) is 23.5. The first-order chi connectivity index (χ1) is 15.9. The third kappa shape index (κ3) is 5.13. The van der Waals surface area contributed by atoms with Gasteiger partial charge in [0.05, 0.1) is 28.0 Å². The Labute approximate surface area is 198 Å². The van der Waals surface area contributed by atoms with Gasteiger partial charge in [-0.25, -0.2) is 13.4 Å². The fraction of sp³-hybridized carbons (Fsp3) is 0.391. The summed E-state index contributed by atoms with van der Waals surface area (Å²) < 4.78 is 31.1. The molecule has 1 aliphatic heterocycles. The first-order valence-corrected chi connectivity index (χ1v) is 13.4. The molecule has 1 fully saturated rings. The minimum atomic E-state index is -3.46. The summed E-state index contributed by atoms with van der Waals surface area (Å²) in [6, 6.07) is 12.3. The van der Waals surface area contributed by atoms with Crippen LogP contribution in [0.2, 0.25) is 0 Å². The lowest BCUT2D eigenvalue weighted by molar-refractivity contribution is 0.0944. The van der Waals surface area contributed by atoms with Crippen molar-refractivity contribution in [2.75, 3.05) is 57.0 Å². The van der Waals surface area contributed by atoms with Gasteiger partial charge in [0.1, 0.15) is 11.3 Å². The number of para-hydroxylation sites is 1. The number of ether oxygens (including phenoxy) is 1. The highest BCUT2D eigenvalue weighted by Crippen LogP contribution is 2.34. The Morgan fingerprint density at radius 3 is 2.61 bits per heavy atom. The van der Waals surface area contributed by atoms with Crippen LogP contribution in [0.4, 0.5) is 5.13 Å². The molecule has 4 rings (SSSR count). The maximum Gasteiger partial charge on any atom is 0.252 e. The van der Waals surface area contributed by atoms with Crippen LogP contribution in [-0.2, 0) is 9.84 Å². The van der Waals surface area contributed by atoms with Gasteiger partial charge in [0.15, 0.2) is 15.0 Å². The Bertz CT molecular complexity index is 1230. The van der Waals surface area contributed by atoms with E-state index < -0.39 is 9.84 Å². The Kier molecular flexibility index (Phi) is 7.16. The summed E-state index contributed by atoms with van der Waals surface area (Å²) in [5, 5.41) is 3.87. The summed E-state index contributed by atoms with van der Waals surface area (Å²) in [6.45, 7) is 6.18. The molecule has 176 valence electrons. The molecular weight excluding hydrogens is 460 g/mol. The fourth-order valence-electron chi connectivity index (χ4n) is 3.88. The van der Waals surface area contributed by atoms with Gasteiger partial charge in [-0.05, 0) is 24.3 Å². The van der Waals surface area contributed by atoms with Gasteiger partial charge >= 0.3 is 0 Å². The van der Waals surface area contributed by atoms with Crippen LogP contribution in [0.15, 0.2) is 47.4 Å². The van der Waals surface area contributed by atoms with Crippen molar-refractivity contribution in [1.82, 2.24) is 15.2 Å². The van der Waals surface area contributed by atoms with Gasteiger partial charge in [-0.1, -0.05) is 36.5 Å². The van der Waals surface area contributed by atoms with Crippen molar-refractivity contribution in [3.63, 3.8) is 0 Å². The Hall–Kier alpha value is -2.69. The van der Waals surface area contributed by atoms with E-state index in [4.69, 9.17) is 9.72 Å². The molecule has 1 aromatic heterocycles. The number of nitrogens with zero attached hydrogens (tertiary/aromatic N) is 3. The number of hydrogen-bond acceptors (Lipinski definition) is 8. The van der Waals surface area contributed by atoms with Crippen molar-refractivity contribution in [2.24, 2.45) is 0 Å². The molecule has 8 nitrogen and oxygen atoms in total. The van der Waals surface area contributed by atoms with Crippen LogP contribution in [0.25, 0.3) is 10.2 Å². The van der Waals surface area contributed by atoms with Crippen molar-refractivity contribution in [2.45, 2.75) is 11.8 Å². The highest BCUT2D eigenvalue weighted by Gasteiger charge is 2.22. The SMILES string of the molecule is CCS(=O)(=O)c1ccccc1C(=O)NCCN1CCN(c2nc3c(OC)cccc3s2)CC1. The quantitative estimate of drug-likeness (QED) is 0.521. The fourth-order valence-corrected chi connectivity index (χ4v) is 6.01. The minimum Gasteiger partial charge on any atom is -0.494 e. The van der Waals surface area contributed by atoms with E-state index in [0.717, 1.165) is 47.3 Å². The number of fused-ring (bicyclic) bond motifs is 1. The summed E-state index contributed by atoms with van der Waals surface area (Å²) >= 11 is 1.67. The smallest absolute Gasteiger partial charge is 0.252 e. The second kappa shape index (κ2) is 10.1. The highest BCUT2D eigenvalue weighted by atomic mass is 32.2. The number of hydrogen-bond donors (Lipinski definition) is 1. The van der Waals surface area contributed by atoms with E-state index in [2.05, 4.69) is 21.2 Å². The van der Waals surface area contributed by atoms with Crippen LogP contribution < -0.4 is 15.0 Å². The number of nitrogens with one attached hydrogen (secondary N) is 1. The molecule has 3 aromatic rings. The number of benzene rings is 2. The molecule has 10 heteroatoms. The van der Waals surface area contributed by atoms with Crippen molar-refractivity contribution >= 4 is 42.4 Å². The number of amides is 1. The van der Waals surface area contributed by atoms with Gasteiger partial charge in [0, 0.05) is 39.3 Å². The number of thiazole rings is 1. The number of carbonyl (C=O) groups is 1. The summed E-state index contributed by atoms with van der Waals surface area (Å²) in [7, 11) is -1.80. The third-order valence-corrected chi connectivity index (χ3v) is 8.66. The maximum absolute atomic E-state index is 12.6. The number of methoxy groups -OCH3 is 1. The van der Waals surface area contributed by atoms with Crippen molar-refractivity contribution < 1.29 is 17.9 Å². The van der Waals surface area contributed by atoms with Crippen molar-refractivity contribution in [3.05, 3.63) is 48.0 Å². The van der Waals surface area contributed by atoms with Crippen molar-refractivity contribution in [1.29, 1.82) is 0 Å². The van der Waals surface area contributed by atoms with Crippen molar-refractivity contribution in [3.8, 4) is 5.75 Å². The molecule has 0 radical (unpaired) electrons. The summed E-state index contributed by atoms with van der Waals surface area (Å²) in [5.74, 6) is 0.394. The molecule has 2 aromatic carbocycles. The molecule has 1 saturated heterocycles. The van der Waals surface area contributed by atoms with Crippen LogP contribution in [0.3, 0.4) is 0 Å². The zero-order valence-electron chi connectivity index (χ0n) is 18.8. The topological polar surface area (TPSA) is 91.8 Å². The average molecular weight is 489 g/mol. The Morgan fingerprint density at radius 1 is 1.12 bits per heavy atom. The lowest BCUT2D eigenvalue weighted by atomic mass is 10.2. The number of piperazine rings is 1. The molecule has 2 heterocycles. The van der Waals surface area contributed by atoms with Gasteiger partial charge in [-0.3, -0.25) is 9.69 Å². The van der Waals surface area contributed by atoms with Gasteiger partial charge in [0.25, 0.3) is 5.91 Å². The first-order valence-electron chi connectivity index (χ1n) is 10.9. The van der Waals surface area contributed by atoms with E-state index in [1.165, 1.54) is 6.07 Å². The molecule has 0 saturated carbocycles. The largest absolute Gasteiger partial charge is 0.494 e. The second-order valence-corrected chi connectivity index (χ2v) is 11.0. The number of aromatic nitrogens is 1. The number of sulfone groups is 1. The maximum atomic E-state index is 12.6. The van der Waals surface area contributed by atoms with Crippen LogP contribution >= 0.6 is 11.3 Å². The number of rotatable bonds is 8. The molecule has 0 unspecified atom stereocenters. The molecule has 0 bridgehead atoms. The van der Waals surface area contributed by atoms with E-state index in [0.29, 0.717) is 13.1 Å². The molecule has 0 spiro atoms. The van der Waals surface area contributed by atoms with E-state index in [9.17, 15) is 13.2 Å². The molecule has 33 heavy (non-hydrogen) atoms. The zero-order valence-corrected chi connectivity index (χ0v) is 20.4.